The Morgan fingerprint density at radius 1 is 1.25 bits per heavy atom. The van der Waals surface area contributed by atoms with E-state index < -0.39 is 0 Å². The lowest BCUT2D eigenvalue weighted by Gasteiger charge is -2.08. The second kappa shape index (κ2) is 5.12. The zero-order chi connectivity index (χ0) is 11.4. The van der Waals surface area contributed by atoms with Gasteiger partial charge < -0.3 is 5.32 Å². The van der Waals surface area contributed by atoms with Crippen LogP contribution >= 0.6 is 15.9 Å². The smallest absolute Gasteiger partial charge is 0.0603 e. The van der Waals surface area contributed by atoms with Gasteiger partial charge in [0.15, 0.2) is 0 Å². The highest BCUT2D eigenvalue weighted by atomic mass is 79.9. The first kappa shape index (κ1) is 11.1. The van der Waals surface area contributed by atoms with Gasteiger partial charge in [-0.25, -0.2) is 0 Å². The maximum atomic E-state index is 4.24. The van der Waals surface area contributed by atoms with Crippen LogP contribution < -0.4 is 5.32 Å². The Balaban J connectivity index is 2.05. The average molecular weight is 277 g/mol. The fourth-order valence-corrected chi connectivity index (χ4v) is 1.96. The molecule has 0 amide bonds. The van der Waals surface area contributed by atoms with Crippen LogP contribution in [0.2, 0.25) is 0 Å². The van der Waals surface area contributed by atoms with E-state index in [4.69, 9.17) is 0 Å². The third-order valence-electron chi connectivity index (χ3n) is 2.38. The second-order valence-electron chi connectivity index (χ2n) is 3.62. The van der Waals surface area contributed by atoms with Gasteiger partial charge >= 0.3 is 0 Å². The molecular formula is C13H13BrN2. The molecule has 0 atom stereocenters. The summed E-state index contributed by atoms with van der Waals surface area (Å²) in [5.41, 5.74) is 3.36. The van der Waals surface area contributed by atoms with Gasteiger partial charge in [0.2, 0.25) is 0 Å². The summed E-state index contributed by atoms with van der Waals surface area (Å²) in [6.45, 7) is 2.81. The quantitative estimate of drug-likeness (QED) is 0.923. The zero-order valence-electron chi connectivity index (χ0n) is 9.07. The van der Waals surface area contributed by atoms with E-state index in [0.29, 0.717) is 0 Å². The van der Waals surface area contributed by atoms with E-state index in [9.17, 15) is 0 Å². The van der Waals surface area contributed by atoms with Gasteiger partial charge in [0.25, 0.3) is 0 Å². The highest BCUT2D eigenvalue weighted by Gasteiger charge is 1.98. The van der Waals surface area contributed by atoms with E-state index >= 15 is 0 Å². The van der Waals surface area contributed by atoms with Crippen LogP contribution in [0.4, 0.5) is 5.69 Å². The molecule has 0 spiro atoms. The molecule has 2 rings (SSSR count). The Bertz CT molecular complexity index is 483. The standard InChI is InChI=1S/C13H13BrN2/c1-10-13(6-3-7-15-10)16-9-11-4-2-5-12(14)8-11/h2-8,16H,9H2,1H3. The summed E-state index contributed by atoms with van der Waals surface area (Å²) in [7, 11) is 0. The van der Waals surface area contributed by atoms with Crippen molar-refractivity contribution >= 4 is 21.6 Å². The average Bonchev–Trinajstić information content (AvgIpc) is 2.28. The molecule has 82 valence electrons. The van der Waals surface area contributed by atoms with Crippen LogP contribution in [0.15, 0.2) is 47.1 Å². The number of nitrogens with zero attached hydrogens (tertiary/aromatic N) is 1. The van der Waals surface area contributed by atoms with E-state index in [1.165, 1.54) is 5.56 Å². The fourth-order valence-electron chi connectivity index (χ4n) is 1.52. The number of benzene rings is 1. The van der Waals surface area contributed by atoms with Crippen LogP contribution in [0.3, 0.4) is 0 Å². The number of hydrogen-bond donors (Lipinski definition) is 1. The highest BCUT2D eigenvalue weighted by molar-refractivity contribution is 9.10. The molecule has 0 fully saturated rings. The van der Waals surface area contributed by atoms with Crippen molar-refractivity contribution in [1.29, 1.82) is 0 Å². The number of anilines is 1. The van der Waals surface area contributed by atoms with Crippen LogP contribution in [-0.2, 0) is 6.54 Å². The minimum absolute atomic E-state index is 0.811. The molecule has 1 aromatic heterocycles. The molecule has 0 unspecified atom stereocenters. The Labute approximate surface area is 104 Å². The zero-order valence-corrected chi connectivity index (χ0v) is 10.7. The van der Waals surface area contributed by atoms with Crippen molar-refractivity contribution in [3.63, 3.8) is 0 Å². The summed E-state index contributed by atoms with van der Waals surface area (Å²) in [5, 5.41) is 3.37. The van der Waals surface area contributed by atoms with Gasteiger partial charge in [-0.05, 0) is 36.8 Å². The van der Waals surface area contributed by atoms with Crippen LogP contribution in [0.5, 0.6) is 0 Å². The van der Waals surface area contributed by atoms with Crippen LogP contribution in [-0.4, -0.2) is 4.98 Å². The summed E-state index contributed by atoms with van der Waals surface area (Å²) >= 11 is 3.46. The Hall–Kier alpha value is -1.35. The van der Waals surface area contributed by atoms with Crippen molar-refractivity contribution in [2.24, 2.45) is 0 Å². The normalized spacial score (nSPS) is 10.1. The van der Waals surface area contributed by atoms with E-state index in [0.717, 1.165) is 22.4 Å². The SMILES string of the molecule is Cc1ncccc1NCc1cccc(Br)c1. The van der Waals surface area contributed by atoms with E-state index in [2.05, 4.69) is 38.4 Å². The number of halogens is 1. The molecule has 0 radical (unpaired) electrons. The minimum atomic E-state index is 0.811. The first-order valence-corrected chi connectivity index (χ1v) is 5.95. The third kappa shape index (κ3) is 2.83. The predicted octanol–water partition coefficient (Wildman–Crippen LogP) is 3.76. The molecule has 1 aromatic carbocycles. The van der Waals surface area contributed by atoms with Crippen LogP contribution in [0, 0.1) is 6.92 Å². The van der Waals surface area contributed by atoms with Crippen molar-refractivity contribution in [1.82, 2.24) is 4.98 Å². The Kier molecular flexibility index (Phi) is 3.57. The molecule has 0 saturated heterocycles. The molecule has 0 aliphatic carbocycles. The van der Waals surface area contributed by atoms with E-state index in [-0.39, 0.29) is 0 Å². The van der Waals surface area contributed by atoms with Crippen molar-refractivity contribution in [2.45, 2.75) is 13.5 Å². The maximum absolute atomic E-state index is 4.24. The number of aromatic nitrogens is 1. The van der Waals surface area contributed by atoms with Gasteiger partial charge in [-0.1, -0.05) is 28.1 Å². The molecule has 0 aliphatic rings. The van der Waals surface area contributed by atoms with Gasteiger partial charge in [0.05, 0.1) is 11.4 Å². The molecule has 0 aliphatic heterocycles. The molecule has 0 bridgehead atoms. The minimum Gasteiger partial charge on any atom is -0.380 e. The first-order chi connectivity index (χ1) is 7.75. The van der Waals surface area contributed by atoms with Gasteiger partial charge in [0.1, 0.15) is 0 Å². The van der Waals surface area contributed by atoms with Gasteiger partial charge in [-0.3, -0.25) is 4.98 Å². The maximum Gasteiger partial charge on any atom is 0.0603 e. The Morgan fingerprint density at radius 3 is 2.88 bits per heavy atom. The molecule has 2 nitrogen and oxygen atoms in total. The van der Waals surface area contributed by atoms with Crippen molar-refractivity contribution in [3.05, 3.63) is 58.3 Å². The highest BCUT2D eigenvalue weighted by Crippen LogP contribution is 2.15. The first-order valence-electron chi connectivity index (χ1n) is 5.15. The summed E-state index contributed by atoms with van der Waals surface area (Å²) < 4.78 is 1.11. The number of aryl methyl sites for hydroxylation is 1. The van der Waals surface area contributed by atoms with Crippen LogP contribution in [0.25, 0.3) is 0 Å². The molecule has 1 N–H and O–H groups in total. The van der Waals surface area contributed by atoms with E-state index in [1.807, 2.05) is 31.2 Å². The third-order valence-corrected chi connectivity index (χ3v) is 2.87. The van der Waals surface area contributed by atoms with Gasteiger partial charge in [-0.15, -0.1) is 0 Å². The molecule has 3 heteroatoms. The van der Waals surface area contributed by atoms with Gasteiger partial charge in [0, 0.05) is 17.2 Å². The van der Waals surface area contributed by atoms with Crippen LogP contribution in [0.1, 0.15) is 11.3 Å². The topological polar surface area (TPSA) is 24.9 Å². The molecular weight excluding hydrogens is 264 g/mol. The lowest BCUT2D eigenvalue weighted by atomic mass is 10.2. The van der Waals surface area contributed by atoms with Crippen molar-refractivity contribution in [3.8, 4) is 0 Å². The Morgan fingerprint density at radius 2 is 2.12 bits per heavy atom. The number of hydrogen-bond acceptors (Lipinski definition) is 2. The summed E-state index contributed by atoms with van der Waals surface area (Å²) in [5.74, 6) is 0. The molecule has 16 heavy (non-hydrogen) atoms. The number of pyridine rings is 1. The predicted molar refractivity (Wildman–Crippen MR) is 70.4 cm³/mol. The largest absolute Gasteiger partial charge is 0.380 e. The second-order valence-corrected chi connectivity index (χ2v) is 4.54. The fraction of sp³-hybridized carbons (Fsp3) is 0.154. The lowest BCUT2D eigenvalue weighted by Crippen LogP contribution is -2.01. The number of nitrogens with one attached hydrogen (secondary N) is 1. The number of rotatable bonds is 3. The van der Waals surface area contributed by atoms with Gasteiger partial charge in [-0.2, -0.15) is 0 Å². The van der Waals surface area contributed by atoms with Crippen molar-refractivity contribution < 1.29 is 0 Å². The lowest BCUT2D eigenvalue weighted by molar-refractivity contribution is 1.11. The molecule has 0 saturated carbocycles. The monoisotopic (exact) mass is 276 g/mol. The van der Waals surface area contributed by atoms with E-state index in [1.54, 1.807) is 6.20 Å². The summed E-state index contributed by atoms with van der Waals surface area (Å²) in [4.78, 5) is 4.24. The van der Waals surface area contributed by atoms with Crippen molar-refractivity contribution in [2.75, 3.05) is 5.32 Å². The summed E-state index contributed by atoms with van der Waals surface area (Å²) in [6, 6.07) is 12.3. The molecule has 1 heterocycles. The summed E-state index contributed by atoms with van der Waals surface area (Å²) in [6.07, 6.45) is 1.81. The molecule has 2 aromatic rings.